The Labute approximate surface area is 139 Å². The van der Waals surface area contributed by atoms with Crippen LogP contribution in [0.2, 0.25) is 0 Å². The Balaban J connectivity index is 1.68. The molecule has 0 spiro atoms. The summed E-state index contributed by atoms with van der Waals surface area (Å²) in [5.41, 5.74) is 1.12. The van der Waals surface area contributed by atoms with Gasteiger partial charge in [-0.1, -0.05) is 25.1 Å². The zero-order valence-corrected chi connectivity index (χ0v) is 14.2. The number of benzene rings is 1. The number of hydrogen-bond acceptors (Lipinski definition) is 4. The first-order valence-electron chi connectivity index (χ1n) is 8.53. The maximum absolute atomic E-state index is 12.1. The van der Waals surface area contributed by atoms with Crippen LogP contribution in [0.1, 0.15) is 25.8 Å². The fourth-order valence-electron chi connectivity index (χ4n) is 2.64. The monoisotopic (exact) mass is 320 g/mol. The molecular weight excluding hydrogens is 292 g/mol. The molecule has 0 unspecified atom stereocenters. The van der Waals surface area contributed by atoms with Crippen molar-refractivity contribution in [2.45, 2.75) is 32.8 Å². The molecule has 1 fully saturated rings. The molecule has 5 heteroatoms. The zero-order valence-electron chi connectivity index (χ0n) is 14.2. The van der Waals surface area contributed by atoms with E-state index in [-0.39, 0.29) is 5.91 Å². The Hall–Kier alpha value is -1.59. The van der Waals surface area contributed by atoms with Crippen LogP contribution in [0.15, 0.2) is 24.3 Å². The predicted octanol–water partition coefficient (Wildman–Crippen LogP) is 1.85. The molecule has 1 aromatic rings. The van der Waals surface area contributed by atoms with Gasteiger partial charge in [0.25, 0.3) is 5.91 Å². The molecule has 1 atom stereocenters. The van der Waals surface area contributed by atoms with Gasteiger partial charge < -0.3 is 14.8 Å². The van der Waals surface area contributed by atoms with Gasteiger partial charge in [0, 0.05) is 19.6 Å². The number of para-hydroxylation sites is 1. The van der Waals surface area contributed by atoms with Crippen molar-refractivity contribution in [3.8, 4) is 5.75 Å². The minimum absolute atomic E-state index is 0.0575. The maximum atomic E-state index is 12.1. The molecule has 1 aromatic carbocycles. The highest BCUT2D eigenvalue weighted by molar-refractivity contribution is 5.80. The molecule has 0 bridgehead atoms. The largest absolute Gasteiger partial charge is 0.481 e. The fourth-order valence-corrected chi connectivity index (χ4v) is 2.64. The van der Waals surface area contributed by atoms with Gasteiger partial charge in [-0.3, -0.25) is 9.69 Å². The number of carbonyl (C=O) groups excluding carboxylic acids is 1. The van der Waals surface area contributed by atoms with Crippen LogP contribution in [-0.4, -0.2) is 56.3 Å². The average molecular weight is 320 g/mol. The molecule has 1 N–H and O–H groups in total. The van der Waals surface area contributed by atoms with Crippen LogP contribution >= 0.6 is 0 Å². The first kappa shape index (κ1) is 17.8. The minimum Gasteiger partial charge on any atom is -0.481 e. The molecule has 23 heavy (non-hydrogen) atoms. The lowest BCUT2D eigenvalue weighted by atomic mass is 10.1. The summed E-state index contributed by atoms with van der Waals surface area (Å²) < 4.78 is 11.1. The highest BCUT2D eigenvalue weighted by Crippen LogP contribution is 2.19. The molecule has 0 saturated carbocycles. The second-order valence-corrected chi connectivity index (χ2v) is 5.82. The summed E-state index contributed by atoms with van der Waals surface area (Å²) in [7, 11) is 0. The average Bonchev–Trinajstić information content (AvgIpc) is 2.60. The van der Waals surface area contributed by atoms with Crippen molar-refractivity contribution in [1.82, 2.24) is 10.2 Å². The summed E-state index contributed by atoms with van der Waals surface area (Å²) in [6, 6.07) is 7.87. The molecule has 128 valence electrons. The molecule has 5 nitrogen and oxygen atoms in total. The number of nitrogens with zero attached hydrogens (tertiary/aromatic N) is 1. The molecule has 2 rings (SSSR count). The number of carbonyl (C=O) groups is 1. The third-order valence-electron chi connectivity index (χ3n) is 4.08. The van der Waals surface area contributed by atoms with Crippen LogP contribution in [-0.2, 0) is 16.0 Å². The van der Waals surface area contributed by atoms with Crippen molar-refractivity contribution in [3.05, 3.63) is 29.8 Å². The van der Waals surface area contributed by atoms with E-state index in [1.807, 2.05) is 24.3 Å². The van der Waals surface area contributed by atoms with E-state index in [2.05, 4.69) is 17.1 Å². The second-order valence-electron chi connectivity index (χ2n) is 5.82. The third-order valence-corrected chi connectivity index (χ3v) is 4.08. The van der Waals surface area contributed by atoms with E-state index in [1.165, 1.54) is 0 Å². The topological polar surface area (TPSA) is 50.8 Å². The Morgan fingerprint density at radius 2 is 2.09 bits per heavy atom. The summed E-state index contributed by atoms with van der Waals surface area (Å²) in [5.74, 6) is 0.740. The SMILES string of the molecule is CCc1ccccc1O[C@H](C)C(=O)NCCCN1CCOCC1. The molecule has 0 radical (unpaired) electrons. The molecule has 1 heterocycles. The van der Waals surface area contributed by atoms with E-state index in [4.69, 9.17) is 9.47 Å². The van der Waals surface area contributed by atoms with Crippen LogP contribution in [0.5, 0.6) is 5.75 Å². The lowest BCUT2D eigenvalue weighted by Crippen LogP contribution is -2.40. The van der Waals surface area contributed by atoms with Crippen molar-refractivity contribution in [3.63, 3.8) is 0 Å². The first-order chi connectivity index (χ1) is 11.2. The minimum atomic E-state index is -0.480. The van der Waals surface area contributed by atoms with E-state index in [9.17, 15) is 4.79 Å². The Kier molecular flexibility index (Phi) is 7.36. The van der Waals surface area contributed by atoms with E-state index < -0.39 is 6.10 Å². The van der Waals surface area contributed by atoms with Crippen LogP contribution in [0, 0.1) is 0 Å². The van der Waals surface area contributed by atoms with Crippen LogP contribution in [0.3, 0.4) is 0 Å². The third kappa shape index (κ3) is 5.84. The highest BCUT2D eigenvalue weighted by atomic mass is 16.5. The molecule has 0 aliphatic carbocycles. The van der Waals surface area contributed by atoms with Crippen LogP contribution < -0.4 is 10.1 Å². The van der Waals surface area contributed by atoms with Crippen molar-refractivity contribution in [2.75, 3.05) is 39.4 Å². The number of hydrogen-bond donors (Lipinski definition) is 1. The molecule has 1 aliphatic rings. The molecule has 1 saturated heterocycles. The van der Waals surface area contributed by atoms with Gasteiger partial charge in [-0.25, -0.2) is 0 Å². The fraction of sp³-hybridized carbons (Fsp3) is 0.611. The number of amides is 1. The van der Waals surface area contributed by atoms with Crippen LogP contribution in [0.4, 0.5) is 0 Å². The van der Waals surface area contributed by atoms with Gasteiger partial charge in [-0.15, -0.1) is 0 Å². The Morgan fingerprint density at radius 1 is 1.35 bits per heavy atom. The zero-order chi connectivity index (χ0) is 16.5. The lowest BCUT2D eigenvalue weighted by molar-refractivity contribution is -0.127. The molecule has 0 aromatic heterocycles. The summed E-state index contributed by atoms with van der Waals surface area (Å²) in [6.07, 6.45) is 1.36. The molecule has 1 amide bonds. The molecule has 1 aliphatic heterocycles. The van der Waals surface area contributed by atoms with E-state index in [0.717, 1.165) is 57.0 Å². The summed E-state index contributed by atoms with van der Waals surface area (Å²) >= 11 is 0. The molecular formula is C18H28N2O3. The van der Waals surface area contributed by atoms with Gasteiger partial charge in [0.15, 0.2) is 6.10 Å². The smallest absolute Gasteiger partial charge is 0.260 e. The van der Waals surface area contributed by atoms with Gasteiger partial charge in [0.05, 0.1) is 13.2 Å². The van der Waals surface area contributed by atoms with Gasteiger partial charge in [0.1, 0.15) is 5.75 Å². The van der Waals surface area contributed by atoms with Gasteiger partial charge >= 0.3 is 0 Å². The highest BCUT2D eigenvalue weighted by Gasteiger charge is 2.16. The van der Waals surface area contributed by atoms with E-state index >= 15 is 0 Å². The first-order valence-corrected chi connectivity index (χ1v) is 8.53. The Bertz CT molecular complexity index is 487. The predicted molar refractivity (Wildman–Crippen MR) is 90.8 cm³/mol. The van der Waals surface area contributed by atoms with E-state index in [0.29, 0.717) is 6.54 Å². The van der Waals surface area contributed by atoms with Gasteiger partial charge in [0.2, 0.25) is 0 Å². The number of rotatable bonds is 8. The number of morpholine rings is 1. The van der Waals surface area contributed by atoms with Crippen molar-refractivity contribution in [1.29, 1.82) is 0 Å². The van der Waals surface area contributed by atoms with Crippen LogP contribution in [0.25, 0.3) is 0 Å². The van der Waals surface area contributed by atoms with Gasteiger partial charge in [-0.05, 0) is 37.9 Å². The van der Waals surface area contributed by atoms with E-state index in [1.54, 1.807) is 6.92 Å². The number of ether oxygens (including phenoxy) is 2. The summed E-state index contributed by atoms with van der Waals surface area (Å²) in [6.45, 7) is 9.16. The Morgan fingerprint density at radius 3 is 2.83 bits per heavy atom. The summed E-state index contributed by atoms with van der Waals surface area (Å²) in [5, 5.41) is 2.96. The number of nitrogens with one attached hydrogen (secondary N) is 1. The lowest BCUT2D eigenvalue weighted by Gasteiger charge is -2.26. The van der Waals surface area contributed by atoms with Gasteiger partial charge in [-0.2, -0.15) is 0 Å². The summed E-state index contributed by atoms with van der Waals surface area (Å²) in [4.78, 5) is 14.5. The maximum Gasteiger partial charge on any atom is 0.260 e. The standard InChI is InChI=1S/C18H28N2O3/c1-3-16-7-4-5-8-17(16)23-15(2)18(21)19-9-6-10-20-11-13-22-14-12-20/h4-5,7-8,15H,3,6,9-14H2,1-2H3,(H,19,21)/t15-/m1/s1. The van der Waals surface area contributed by atoms with Crippen molar-refractivity contribution >= 4 is 5.91 Å². The number of aryl methyl sites for hydroxylation is 1. The van der Waals surface area contributed by atoms with Crippen molar-refractivity contribution in [2.24, 2.45) is 0 Å². The quantitative estimate of drug-likeness (QED) is 0.743. The second kappa shape index (κ2) is 9.53. The normalized spacial score (nSPS) is 16.8. The van der Waals surface area contributed by atoms with Crippen molar-refractivity contribution < 1.29 is 14.3 Å².